The number of sulfonamides is 1. The number of alkyl halides is 5. The molecule has 2 N–H and O–H groups in total. The van der Waals surface area contributed by atoms with Crippen LogP contribution < -0.4 is 4.72 Å². The molecule has 1 aliphatic heterocycles. The number of amides is 1. The van der Waals surface area contributed by atoms with Gasteiger partial charge in [0, 0.05) is 24.4 Å². The number of likely N-dealkylation sites (tertiary alicyclic amines) is 1. The molecule has 0 radical (unpaired) electrons. The summed E-state index contributed by atoms with van der Waals surface area (Å²) in [6, 6.07) is 2.96. The first-order valence-electron chi connectivity index (χ1n) is 8.89. The van der Waals surface area contributed by atoms with E-state index in [-0.39, 0.29) is 17.9 Å². The molecule has 6 nitrogen and oxygen atoms in total. The van der Waals surface area contributed by atoms with E-state index in [2.05, 4.69) is 4.98 Å². The van der Waals surface area contributed by atoms with Gasteiger partial charge in [0.25, 0.3) is 21.9 Å². The van der Waals surface area contributed by atoms with E-state index in [1.54, 1.807) is 0 Å². The Kier molecular flexibility index (Phi) is 5.76. The summed E-state index contributed by atoms with van der Waals surface area (Å²) in [5.74, 6) is -4.06. The molecule has 31 heavy (non-hydrogen) atoms. The van der Waals surface area contributed by atoms with Crippen LogP contribution in [0.2, 0.25) is 5.02 Å². The first kappa shape index (κ1) is 23.3. The number of hydrogen-bond donors (Lipinski definition) is 2. The molecule has 0 atom stereocenters. The minimum absolute atomic E-state index is 0.0325. The number of anilines is 1. The van der Waals surface area contributed by atoms with E-state index in [1.807, 2.05) is 4.72 Å². The molecule has 1 aliphatic rings. The van der Waals surface area contributed by atoms with Crippen molar-refractivity contribution in [1.29, 1.82) is 0 Å². The Hall–Kier alpha value is -2.34. The van der Waals surface area contributed by atoms with E-state index in [1.165, 1.54) is 13.8 Å². The molecule has 0 bridgehead atoms. The lowest BCUT2D eigenvalue weighted by molar-refractivity contribution is -0.136. The number of carbonyl (C=O) groups is 1. The summed E-state index contributed by atoms with van der Waals surface area (Å²) >= 11 is 5.63. The molecule has 1 saturated heterocycles. The summed E-state index contributed by atoms with van der Waals surface area (Å²) < 4.78 is 95.2. The van der Waals surface area contributed by atoms with Crippen molar-refractivity contribution in [1.82, 2.24) is 9.88 Å². The molecule has 1 aromatic heterocycles. The Balaban J connectivity index is 2.07. The quantitative estimate of drug-likeness (QED) is 0.622. The fourth-order valence-electron chi connectivity index (χ4n) is 3.51. The van der Waals surface area contributed by atoms with Gasteiger partial charge in [0.15, 0.2) is 0 Å². The van der Waals surface area contributed by atoms with Crippen LogP contribution in [0.4, 0.5) is 27.6 Å². The minimum atomic E-state index is -4.96. The van der Waals surface area contributed by atoms with Gasteiger partial charge in [-0.2, -0.15) is 13.2 Å². The van der Waals surface area contributed by atoms with E-state index < -0.39 is 67.7 Å². The van der Waals surface area contributed by atoms with Crippen molar-refractivity contribution < 1.29 is 35.2 Å². The van der Waals surface area contributed by atoms with Gasteiger partial charge < -0.3 is 9.88 Å². The molecule has 2 heterocycles. The Labute approximate surface area is 179 Å². The molecule has 0 aliphatic carbocycles. The predicted molar refractivity (Wildman–Crippen MR) is 103 cm³/mol. The molecule has 3 rings (SSSR count). The van der Waals surface area contributed by atoms with Crippen LogP contribution >= 0.6 is 11.6 Å². The average Bonchev–Trinajstić information content (AvgIpc) is 3.11. The first-order chi connectivity index (χ1) is 14.1. The Morgan fingerprint density at radius 3 is 2.42 bits per heavy atom. The molecule has 13 heteroatoms. The van der Waals surface area contributed by atoms with Crippen molar-refractivity contribution in [2.24, 2.45) is 0 Å². The lowest BCUT2D eigenvalue weighted by Crippen LogP contribution is -2.33. The maximum Gasteiger partial charge on any atom is 0.419 e. The molecule has 0 unspecified atom stereocenters. The second kappa shape index (κ2) is 7.66. The van der Waals surface area contributed by atoms with Gasteiger partial charge in [-0.15, -0.1) is 0 Å². The summed E-state index contributed by atoms with van der Waals surface area (Å²) in [4.78, 5) is 15.7. The molecular weight excluding hydrogens is 469 g/mol. The largest absolute Gasteiger partial charge is 0.419 e. The number of aryl methyl sites for hydroxylation is 2. The molecule has 2 aromatic rings. The number of nitrogens with zero attached hydrogens (tertiary/aromatic N) is 1. The van der Waals surface area contributed by atoms with Crippen molar-refractivity contribution in [3.8, 4) is 0 Å². The number of aromatic amines is 1. The number of rotatable bonds is 4. The number of benzene rings is 1. The monoisotopic (exact) mass is 485 g/mol. The second-order valence-electron chi connectivity index (χ2n) is 7.18. The van der Waals surface area contributed by atoms with E-state index >= 15 is 0 Å². The standard InChI is InChI=1S/C18H17ClF5N3O3S/c1-9-13(16(28)27-7-6-17(20,21)8-27)15(10(2)25-9)31(29,30)26-12-5-3-4-11(19)14(12)18(22,23)24/h3-5,25-26H,6-8H2,1-2H3. The fraction of sp³-hybridized carbons (Fsp3) is 0.389. The van der Waals surface area contributed by atoms with Crippen molar-refractivity contribution >= 4 is 33.2 Å². The average molecular weight is 486 g/mol. The molecule has 1 amide bonds. The number of carbonyl (C=O) groups excluding carboxylic acids is 1. The summed E-state index contributed by atoms with van der Waals surface area (Å²) in [6.07, 6.45) is -5.53. The Bertz CT molecular complexity index is 1150. The number of H-pyrrole nitrogens is 1. The SMILES string of the molecule is Cc1[nH]c(C)c(S(=O)(=O)Nc2cccc(Cl)c2C(F)(F)F)c1C(=O)N1CCC(F)(F)C1. The van der Waals surface area contributed by atoms with Crippen molar-refractivity contribution in [3.63, 3.8) is 0 Å². The highest BCUT2D eigenvalue weighted by Gasteiger charge is 2.43. The number of halogens is 6. The number of nitrogens with one attached hydrogen (secondary N) is 2. The van der Waals surface area contributed by atoms with Crippen LogP contribution in [0.15, 0.2) is 23.1 Å². The zero-order chi connectivity index (χ0) is 23.4. The highest BCUT2D eigenvalue weighted by Crippen LogP contribution is 2.41. The summed E-state index contributed by atoms with van der Waals surface area (Å²) in [5.41, 5.74) is -2.57. The fourth-order valence-corrected chi connectivity index (χ4v) is 5.32. The normalized spacial score (nSPS) is 16.6. The van der Waals surface area contributed by atoms with E-state index in [0.717, 1.165) is 23.1 Å². The molecule has 1 fully saturated rings. The van der Waals surface area contributed by atoms with E-state index in [0.29, 0.717) is 0 Å². The van der Waals surface area contributed by atoms with Crippen LogP contribution in [0.5, 0.6) is 0 Å². The van der Waals surface area contributed by atoms with Gasteiger partial charge in [0.2, 0.25) is 0 Å². The third kappa shape index (κ3) is 4.49. The predicted octanol–water partition coefficient (Wildman–Crippen LogP) is 4.59. The molecule has 0 spiro atoms. The zero-order valence-corrected chi connectivity index (χ0v) is 17.8. The maximum absolute atomic E-state index is 13.5. The molecule has 0 saturated carbocycles. The molecule has 170 valence electrons. The van der Waals surface area contributed by atoms with Gasteiger partial charge in [-0.3, -0.25) is 9.52 Å². The van der Waals surface area contributed by atoms with Crippen LogP contribution in [0.3, 0.4) is 0 Å². The minimum Gasteiger partial charge on any atom is -0.361 e. The summed E-state index contributed by atoms with van der Waals surface area (Å²) in [6.45, 7) is 1.51. The zero-order valence-electron chi connectivity index (χ0n) is 16.2. The highest BCUT2D eigenvalue weighted by atomic mass is 35.5. The Morgan fingerprint density at radius 2 is 1.87 bits per heavy atom. The van der Waals surface area contributed by atoms with Gasteiger partial charge in [0.1, 0.15) is 4.90 Å². The third-order valence-electron chi connectivity index (χ3n) is 4.80. The summed E-state index contributed by atoms with van der Waals surface area (Å²) in [7, 11) is -4.73. The van der Waals surface area contributed by atoms with Crippen LogP contribution in [-0.2, 0) is 16.2 Å². The topological polar surface area (TPSA) is 82.3 Å². The smallest absolute Gasteiger partial charge is 0.361 e. The lowest BCUT2D eigenvalue weighted by Gasteiger charge is -2.19. The maximum atomic E-state index is 13.5. The van der Waals surface area contributed by atoms with Gasteiger partial charge in [-0.25, -0.2) is 17.2 Å². The lowest BCUT2D eigenvalue weighted by atomic mass is 10.2. The van der Waals surface area contributed by atoms with Crippen LogP contribution in [0.25, 0.3) is 0 Å². The summed E-state index contributed by atoms with van der Waals surface area (Å²) in [5, 5.41) is -0.717. The number of hydrogen-bond acceptors (Lipinski definition) is 3. The van der Waals surface area contributed by atoms with Crippen molar-refractivity contribution in [3.05, 3.63) is 45.7 Å². The number of aromatic nitrogens is 1. The van der Waals surface area contributed by atoms with Crippen LogP contribution in [-0.4, -0.2) is 43.2 Å². The highest BCUT2D eigenvalue weighted by molar-refractivity contribution is 7.92. The molecule has 1 aromatic carbocycles. The van der Waals surface area contributed by atoms with Gasteiger partial charge >= 0.3 is 6.18 Å². The van der Waals surface area contributed by atoms with Crippen molar-refractivity contribution in [2.75, 3.05) is 17.8 Å². The van der Waals surface area contributed by atoms with Gasteiger partial charge in [-0.05, 0) is 26.0 Å². The Morgan fingerprint density at radius 1 is 1.23 bits per heavy atom. The van der Waals surface area contributed by atoms with Crippen molar-refractivity contribution in [2.45, 2.75) is 37.3 Å². The van der Waals surface area contributed by atoms with Gasteiger partial charge in [-0.1, -0.05) is 17.7 Å². The van der Waals surface area contributed by atoms with Gasteiger partial charge in [0.05, 0.1) is 28.4 Å². The second-order valence-corrected chi connectivity index (χ2v) is 9.20. The molecular formula is C18H17ClF5N3O3S. The van der Waals surface area contributed by atoms with E-state index in [9.17, 15) is 35.2 Å². The van der Waals surface area contributed by atoms with Crippen LogP contribution in [0.1, 0.15) is 33.7 Å². The first-order valence-corrected chi connectivity index (χ1v) is 10.7. The van der Waals surface area contributed by atoms with E-state index in [4.69, 9.17) is 11.6 Å². The third-order valence-corrected chi connectivity index (χ3v) is 6.65. The van der Waals surface area contributed by atoms with Crippen LogP contribution in [0, 0.1) is 13.8 Å².